The highest BCUT2D eigenvalue weighted by atomic mass is 14.6. The van der Waals surface area contributed by atoms with Crippen LogP contribution in [0, 0.1) is 22.7 Å². The van der Waals surface area contributed by atoms with Gasteiger partial charge in [0.25, 0.3) is 0 Å². The fourth-order valence-corrected chi connectivity index (χ4v) is 3.93. The molecule has 2 atom stereocenters. The minimum atomic E-state index is 0.00333. The van der Waals surface area contributed by atoms with E-state index in [2.05, 4.69) is 48.6 Å². The van der Waals surface area contributed by atoms with Crippen molar-refractivity contribution in [3.05, 3.63) is 76.4 Å². The Kier molecular flexibility index (Phi) is 2.68. The van der Waals surface area contributed by atoms with Gasteiger partial charge in [0.05, 0.1) is 11.1 Å². The molecule has 1 saturated carbocycles. The van der Waals surface area contributed by atoms with Crippen LogP contribution in [0.25, 0.3) is 6.08 Å². The van der Waals surface area contributed by atoms with E-state index in [4.69, 9.17) is 0 Å². The molecule has 1 fully saturated rings. The number of nitriles is 2. The first-order valence-corrected chi connectivity index (χ1v) is 7.49. The SMILES string of the molecule is N#Cc1ccc2c(c1C#N)C1(CC=C2)CC1c1ccccc1. The molecule has 0 aromatic heterocycles. The van der Waals surface area contributed by atoms with Crippen LogP contribution in [0.2, 0.25) is 0 Å². The van der Waals surface area contributed by atoms with Gasteiger partial charge < -0.3 is 0 Å². The van der Waals surface area contributed by atoms with Crippen molar-refractivity contribution in [1.82, 2.24) is 0 Å². The van der Waals surface area contributed by atoms with Crippen LogP contribution in [-0.4, -0.2) is 0 Å². The lowest BCUT2D eigenvalue weighted by atomic mass is 9.77. The molecule has 0 N–H and O–H groups in total. The van der Waals surface area contributed by atoms with Crippen LogP contribution in [0.4, 0.5) is 0 Å². The predicted molar refractivity (Wildman–Crippen MR) is 85.0 cm³/mol. The predicted octanol–water partition coefficient (Wildman–Crippen LogP) is 4.27. The first-order valence-electron chi connectivity index (χ1n) is 7.49. The summed E-state index contributed by atoms with van der Waals surface area (Å²) in [5, 5.41) is 18.9. The van der Waals surface area contributed by atoms with E-state index in [1.807, 2.05) is 12.1 Å². The van der Waals surface area contributed by atoms with Gasteiger partial charge in [-0.25, -0.2) is 0 Å². The zero-order valence-corrected chi connectivity index (χ0v) is 12.1. The molecule has 2 heteroatoms. The van der Waals surface area contributed by atoms with Crippen molar-refractivity contribution in [2.24, 2.45) is 0 Å². The maximum absolute atomic E-state index is 9.60. The Morgan fingerprint density at radius 1 is 1.00 bits per heavy atom. The van der Waals surface area contributed by atoms with Crippen molar-refractivity contribution in [2.75, 3.05) is 0 Å². The summed E-state index contributed by atoms with van der Waals surface area (Å²) in [6.07, 6.45) is 6.29. The summed E-state index contributed by atoms with van der Waals surface area (Å²) < 4.78 is 0. The highest BCUT2D eigenvalue weighted by Crippen LogP contribution is 2.65. The van der Waals surface area contributed by atoms with E-state index < -0.39 is 0 Å². The number of hydrogen-bond acceptors (Lipinski definition) is 2. The van der Waals surface area contributed by atoms with Gasteiger partial charge in [0.15, 0.2) is 0 Å². The Bertz CT molecular complexity index is 865. The van der Waals surface area contributed by atoms with Crippen LogP contribution in [0.1, 0.15) is 46.6 Å². The van der Waals surface area contributed by atoms with Crippen LogP contribution >= 0.6 is 0 Å². The third kappa shape index (κ3) is 1.65. The number of fused-ring (bicyclic) bond motifs is 2. The molecule has 0 saturated heterocycles. The lowest BCUT2D eigenvalue weighted by Crippen LogP contribution is -2.16. The highest BCUT2D eigenvalue weighted by molar-refractivity contribution is 5.70. The number of rotatable bonds is 1. The molecule has 2 aromatic rings. The zero-order valence-electron chi connectivity index (χ0n) is 12.1. The molecule has 4 rings (SSSR count). The lowest BCUT2D eigenvalue weighted by Gasteiger charge is -2.24. The maximum atomic E-state index is 9.60. The molecule has 2 aliphatic rings. The van der Waals surface area contributed by atoms with E-state index in [9.17, 15) is 10.5 Å². The van der Waals surface area contributed by atoms with Gasteiger partial charge in [-0.1, -0.05) is 48.6 Å². The summed E-state index contributed by atoms with van der Waals surface area (Å²) >= 11 is 0. The van der Waals surface area contributed by atoms with Crippen molar-refractivity contribution < 1.29 is 0 Å². The summed E-state index contributed by atoms with van der Waals surface area (Å²) in [6, 6.07) is 18.7. The molecule has 2 nitrogen and oxygen atoms in total. The number of hydrogen-bond donors (Lipinski definition) is 0. The molecular formula is C20H14N2. The molecule has 0 heterocycles. The second-order valence-electron chi connectivity index (χ2n) is 6.11. The number of allylic oxidation sites excluding steroid dienone is 1. The molecule has 0 bridgehead atoms. The maximum Gasteiger partial charge on any atom is 0.101 e. The standard InChI is InChI=1S/C20H14N2/c21-12-16-9-8-15-7-4-10-20(19(15)17(16)13-22)11-18(20)14-5-2-1-3-6-14/h1-9,18H,10-11H2. The zero-order chi connectivity index (χ0) is 15.2. The lowest BCUT2D eigenvalue weighted by molar-refractivity contribution is 0.666. The first kappa shape index (κ1) is 12.9. The topological polar surface area (TPSA) is 47.6 Å². The third-order valence-electron chi connectivity index (χ3n) is 5.02. The van der Waals surface area contributed by atoms with Crippen LogP contribution in [-0.2, 0) is 5.41 Å². The molecule has 22 heavy (non-hydrogen) atoms. The van der Waals surface area contributed by atoms with Crippen molar-refractivity contribution in [3.63, 3.8) is 0 Å². The van der Waals surface area contributed by atoms with Crippen LogP contribution in [0.3, 0.4) is 0 Å². The highest BCUT2D eigenvalue weighted by Gasteiger charge is 2.57. The Balaban J connectivity index is 1.90. The first-order chi connectivity index (χ1) is 10.8. The third-order valence-corrected chi connectivity index (χ3v) is 5.02. The summed E-state index contributed by atoms with van der Waals surface area (Å²) in [7, 11) is 0. The van der Waals surface area contributed by atoms with E-state index >= 15 is 0 Å². The average molecular weight is 282 g/mol. The van der Waals surface area contributed by atoms with Crippen molar-refractivity contribution in [1.29, 1.82) is 10.5 Å². The van der Waals surface area contributed by atoms with Gasteiger partial charge in [-0.15, -0.1) is 0 Å². The van der Waals surface area contributed by atoms with Crippen molar-refractivity contribution in [2.45, 2.75) is 24.2 Å². The van der Waals surface area contributed by atoms with E-state index in [1.165, 1.54) is 5.56 Å². The Morgan fingerprint density at radius 2 is 1.82 bits per heavy atom. The number of benzene rings is 2. The second-order valence-corrected chi connectivity index (χ2v) is 6.11. The molecule has 2 aliphatic carbocycles. The van der Waals surface area contributed by atoms with Gasteiger partial charge >= 0.3 is 0 Å². The Morgan fingerprint density at radius 3 is 2.55 bits per heavy atom. The van der Waals surface area contributed by atoms with Gasteiger partial charge in [0.2, 0.25) is 0 Å². The minimum absolute atomic E-state index is 0.00333. The molecule has 2 aromatic carbocycles. The van der Waals surface area contributed by atoms with E-state index in [-0.39, 0.29) is 5.41 Å². The fourth-order valence-electron chi connectivity index (χ4n) is 3.93. The Hall–Kier alpha value is -2.84. The smallest absolute Gasteiger partial charge is 0.101 e. The second kappa shape index (κ2) is 4.58. The quantitative estimate of drug-likeness (QED) is 0.784. The summed E-state index contributed by atoms with van der Waals surface area (Å²) in [5.74, 6) is 0.443. The molecule has 104 valence electrons. The van der Waals surface area contributed by atoms with Crippen LogP contribution in [0.15, 0.2) is 48.5 Å². The van der Waals surface area contributed by atoms with E-state index in [0.717, 1.165) is 24.0 Å². The van der Waals surface area contributed by atoms with E-state index in [1.54, 1.807) is 6.07 Å². The van der Waals surface area contributed by atoms with Gasteiger partial charge in [-0.3, -0.25) is 0 Å². The van der Waals surface area contributed by atoms with Gasteiger partial charge in [0, 0.05) is 5.41 Å². The fraction of sp³-hybridized carbons (Fsp3) is 0.200. The molecular weight excluding hydrogens is 268 g/mol. The Labute approximate surface area is 129 Å². The average Bonchev–Trinajstić information content (AvgIpc) is 3.29. The number of nitrogens with zero attached hydrogens (tertiary/aromatic N) is 2. The van der Waals surface area contributed by atoms with Gasteiger partial charge in [0.1, 0.15) is 12.1 Å². The van der Waals surface area contributed by atoms with Crippen molar-refractivity contribution >= 4 is 6.08 Å². The van der Waals surface area contributed by atoms with Crippen molar-refractivity contribution in [3.8, 4) is 12.1 Å². The molecule has 0 aliphatic heterocycles. The molecule has 2 unspecified atom stereocenters. The van der Waals surface area contributed by atoms with Gasteiger partial charge in [-0.05, 0) is 41.5 Å². The summed E-state index contributed by atoms with van der Waals surface area (Å²) in [4.78, 5) is 0. The van der Waals surface area contributed by atoms with Crippen LogP contribution in [0.5, 0.6) is 0 Å². The summed E-state index contributed by atoms with van der Waals surface area (Å²) in [5.41, 5.74) is 4.58. The molecule has 1 spiro atoms. The molecule has 0 amide bonds. The normalized spacial score (nSPS) is 24.4. The molecule has 0 radical (unpaired) electrons. The monoisotopic (exact) mass is 282 g/mol. The van der Waals surface area contributed by atoms with Crippen LogP contribution < -0.4 is 0 Å². The minimum Gasteiger partial charge on any atom is -0.192 e. The van der Waals surface area contributed by atoms with E-state index in [0.29, 0.717) is 17.0 Å². The largest absolute Gasteiger partial charge is 0.192 e. The van der Waals surface area contributed by atoms with Gasteiger partial charge in [-0.2, -0.15) is 10.5 Å². The summed E-state index contributed by atoms with van der Waals surface area (Å²) in [6.45, 7) is 0.